The van der Waals surface area contributed by atoms with Gasteiger partial charge in [-0.2, -0.15) is 0 Å². The van der Waals surface area contributed by atoms with Gasteiger partial charge in [0, 0.05) is 6.54 Å². The van der Waals surface area contributed by atoms with Gasteiger partial charge in [-0.15, -0.1) is 0 Å². The van der Waals surface area contributed by atoms with E-state index < -0.39 is 0 Å². The number of halogens is 1. The molecule has 1 aliphatic heterocycles. The Hall–Kier alpha value is -0.705. The predicted octanol–water partition coefficient (Wildman–Crippen LogP) is 3.46. The van der Waals surface area contributed by atoms with Gasteiger partial charge in [-0.25, -0.2) is 0 Å². The molecule has 0 radical (unpaired) electrons. The van der Waals surface area contributed by atoms with Crippen molar-refractivity contribution < 1.29 is 9.31 Å². The molecule has 114 valence electrons. The second-order valence-corrected chi connectivity index (χ2v) is 7.56. The molecule has 0 unspecified atom stereocenters. The standard InChI is InChI=1S/C16H23BClNO2/c1-15(2)16(3,4)21-17(20-15)12-7-8-14(13(18)9-12)19-10-11-5-6-11/h7-9,11,19H,5-6,10H2,1-4H3. The highest BCUT2D eigenvalue weighted by molar-refractivity contribution is 6.62. The van der Waals surface area contributed by atoms with Crippen LogP contribution in [0.5, 0.6) is 0 Å². The lowest BCUT2D eigenvalue weighted by Gasteiger charge is -2.32. The van der Waals surface area contributed by atoms with Gasteiger partial charge in [0.1, 0.15) is 0 Å². The lowest BCUT2D eigenvalue weighted by molar-refractivity contribution is 0.00578. The van der Waals surface area contributed by atoms with Crippen molar-refractivity contribution in [3.8, 4) is 0 Å². The number of hydrogen-bond acceptors (Lipinski definition) is 3. The first-order valence-electron chi connectivity index (χ1n) is 7.67. The summed E-state index contributed by atoms with van der Waals surface area (Å²) in [5.74, 6) is 0.823. The van der Waals surface area contributed by atoms with Crippen LogP contribution in [-0.4, -0.2) is 24.9 Å². The number of anilines is 1. The highest BCUT2D eigenvalue weighted by Crippen LogP contribution is 2.37. The zero-order chi connectivity index (χ0) is 15.3. The van der Waals surface area contributed by atoms with Gasteiger partial charge in [-0.3, -0.25) is 0 Å². The van der Waals surface area contributed by atoms with Gasteiger partial charge in [0.15, 0.2) is 0 Å². The summed E-state index contributed by atoms with van der Waals surface area (Å²) in [6.07, 6.45) is 2.66. The van der Waals surface area contributed by atoms with Gasteiger partial charge < -0.3 is 14.6 Å². The van der Waals surface area contributed by atoms with Gasteiger partial charge in [0.25, 0.3) is 0 Å². The maximum Gasteiger partial charge on any atom is 0.494 e. The molecule has 1 aromatic carbocycles. The van der Waals surface area contributed by atoms with Gasteiger partial charge in [-0.05, 0) is 64.1 Å². The molecule has 1 saturated carbocycles. The molecule has 0 spiro atoms. The van der Waals surface area contributed by atoms with Gasteiger partial charge >= 0.3 is 7.12 Å². The van der Waals surface area contributed by atoms with Crippen LogP contribution in [0.15, 0.2) is 18.2 Å². The molecule has 1 N–H and O–H groups in total. The predicted molar refractivity (Wildman–Crippen MR) is 88.4 cm³/mol. The Morgan fingerprint density at radius 1 is 1.19 bits per heavy atom. The van der Waals surface area contributed by atoms with E-state index in [1.807, 2.05) is 18.2 Å². The third-order valence-electron chi connectivity index (χ3n) is 4.80. The number of nitrogens with one attached hydrogen (secondary N) is 1. The zero-order valence-corrected chi connectivity index (χ0v) is 14.0. The van der Waals surface area contributed by atoms with Gasteiger partial charge in [0.05, 0.1) is 21.9 Å². The average Bonchev–Trinajstić information content (AvgIpc) is 3.16. The first-order valence-corrected chi connectivity index (χ1v) is 8.05. The second kappa shape index (κ2) is 5.18. The Labute approximate surface area is 132 Å². The van der Waals surface area contributed by atoms with Crippen molar-refractivity contribution in [3.63, 3.8) is 0 Å². The number of hydrogen-bond donors (Lipinski definition) is 1. The topological polar surface area (TPSA) is 30.5 Å². The fraction of sp³-hybridized carbons (Fsp3) is 0.625. The van der Waals surface area contributed by atoms with E-state index in [2.05, 4.69) is 33.0 Å². The van der Waals surface area contributed by atoms with E-state index in [1.54, 1.807) is 0 Å². The lowest BCUT2D eigenvalue weighted by Crippen LogP contribution is -2.41. The summed E-state index contributed by atoms with van der Waals surface area (Å²) in [6, 6.07) is 5.99. The van der Waals surface area contributed by atoms with Crippen molar-refractivity contribution in [2.24, 2.45) is 5.92 Å². The van der Waals surface area contributed by atoms with Crippen LogP contribution in [0.25, 0.3) is 0 Å². The van der Waals surface area contributed by atoms with E-state index in [0.29, 0.717) is 0 Å². The van der Waals surface area contributed by atoms with Crippen LogP contribution in [0.1, 0.15) is 40.5 Å². The first-order chi connectivity index (χ1) is 9.78. The summed E-state index contributed by atoms with van der Waals surface area (Å²) in [4.78, 5) is 0. The second-order valence-electron chi connectivity index (χ2n) is 7.15. The molecule has 1 heterocycles. The van der Waals surface area contributed by atoms with Crippen LogP contribution < -0.4 is 10.8 Å². The summed E-state index contributed by atoms with van der Waals surface area (Å²) in [5.41, 5.74) is 1.31. The van der Waals surface area contributed by atoms with Crippen molar-refractivity contribution in [3.05, 3.63) is 23.2 Å². The molecule has 21 heavy (non-hydrogen) atoms. The Balaban J connectivity index is 1.73. The van der Waals surface area contributed by atoms with E-state index in [0.717, 1.165) is 28.6 Å². The third kappa shape index (κ3) is 3.08. The van der Waals surface area contributed by atoms with E-state index >= 15 is 0 Å². The van der Waals surface area contributed by atoms with Crippen molar-refractivity contribution in [2.75, 3.05) is 11.9 Å². The summed E-state index contributed by atoms with van der Waals surface area (Å²) < 4.78 is 12.1. The molecule has 1 aromatic rings. The number of rotatable bonds is 4. The molecule has 3 nitrogen and oxygen atoms in total. The van der Waals surface area contributed by atoms with Crippen molar-refractivity contribution in [1.82, 2.24) is 0 Å². The van der Waals surface area contributed by atoms with Crippen LogP contribution in [0.4, 0.5) is 5.69 Å². The van der Waals surface area contributed by atoms with E-state index in [1.165, 1.54) is 12.8 Å². The lowest BCUT2D eigenvalue weighted by atomic mass is 9.79. The minimum absolute atomic E-state index is 0.326. The fourth-order valence-electron chi connectivity index (χ4n) is 2.38. The van der Waals surface area contributed by atoms with Gasteiger partial charge in [0.2, 0.25) is 0 Å². The Morgan fingerprint density at radius 3 is 2.33 bits per heavy atom. The van der Waals surface area contributed by atoms with Crippen LogP contribution in [0, 0.1) is 5.92 Å². The van der Waals surface area contributed by atoms with E-state index in [9.17, 15) is 0 Å². The quantitative estimate of drug-likeness (QED) is 0.864. The molecule has 5 heteroatoms. The van der Waals surface area contributed by atoms with E-state index in [4.69, 9.17) is 20.9 Å². The molecule has 0 bridgehead atoms. The van der Waals surface area contributed by atoms with Crippen molar-refractivity contribution in [2.45, 2.75) is 51.7 Å². The molecule has 0 atom stereocenters. The Morgan fingerprint density at radius 2 is 1.81 bits per heavy atom. The zero-order valence-electron chi connectivity index (χ0n) is 13.2. The maximum atomic E-state index is 6.38. The average molecular weight is 308 g/mol. The maximum absolute atomic E-state index is 6.38. The van der Waals surface area contributed by atoms with Crippen molar-refractivity contribution >= 4 is 29.9 Å². The highest BCUT2D eigenvalue weighted by Gasteiger charge is 2.51. The summed E-state index contributed by atoms with van der Waals surface area (Å²) in [7, 11) is -0.356. The van der Waals surface area contributed by atoms with Crippen molar-refractivity contribution in [1.29, 1.82) is 0 Å². The van der Waals surface area contributed by atoms with Crippen LogP contribution in [0.2, 0.25) is 5.02 Å². The smallest absolute Gasteiger partial charge is 0.399 e. The molecule has 0 amide bonds. The Bertz CT molecular complexity index is 527. The number of benzene rings is 1. The molecular weight excluding hydrogens is 284 g/mol. The molecule has 2 aliphatic rings. The minimum Gasteiger partial charge on any atom is -0.399 e. The van der Waals surface area contributed by atoms with E-state index in [-0.39, 0.29) is 18.3 Å². The fourth-order valence-corrected chi connectivity index (χ4v) is 2.63. The largest absolute Gasteiger partial charge is 0.494 e. The SMILES string of the molecule is CC1(C)OB(c2ccc(NCC3CC3)c(Cl)c2)OC1(C)C. The van der Waals surface area contributed by atoms with Crippen LogP contribution >= 0.6 is 11.6 Å². The normalized spacial score (nSPS) is 23.4. The van der Waals surface area contributed by atoms with Gasteiger partial charge in [-0.1, -0.05) is 17.7 Å². The monoisotopic (exact) mass is 307 g/mol. The third-order valence-corrected chi connectivity index (χ3v) is 5.11. The molecular formula is C16H23BClNO2. The Kier molecular flexibility index (Phi) is 3.75. The minimum atomic E-state index is -0.356. The molecule has 2 fully saturated rings. The summed E-state index contributed by atoms with van der Waals surface area (Å²) >= 11 is 6.38. The first kappa shape index (κ1) is 15.2. The molecule has 3 rings (SSSR count). The highest BCUT2D eigenvalue weighted by atomic mass is 35.5. The summed E-state index contributed by atoms with van der Waals surface area (Å²) in [6.45, 7) is 9.23. The van der Waals surface area contributed by atoms with Crippen LogP contribution in [0.3, 0.4) is 0 Å². The molecule has 1 saturated heterocycles. The van der Waals surface area contributed by atoms with Crippen LogP contribution in [-0.2, 0) is 9.31 Å². The summed E-state index contributed by atoms with van der Waals surface area (Å²) in [5, 5.41) is 4.14. The molecule has 1 aliphatic carbocycles. The molecule has 0 aromatic heterocycles.